The largest absolute Gasteiger partial charge is 0.396 e. The van der Waals surface area contributed by atoms with Gasteiger partial charge in [0, 0.05) is 12.1 Å². The van der Waals surface area contributed by atoms with Gasteiger partial charge in [-0.1, -0.05) is 25.1 Å². The maximum atomic E-state index is 12.2. The summed E-state index contributed by atoms with van der Waals surface area (Å²) in [5, 5.41) is 12.2. The molecular formula is C17H25NO2. The predicted molar refractivity (Wildman–Crippen MR) is 80.7 cm³/mol. The van der Waals surface area contributed by atoms with Crippen LogP contribution in [0.25, 0.3) is 0 Å². The van der Waals surface area contributed by atoms with Crippen molar-refractivity contribution in [2.75, 3.05) is 6.61 Å². The van der Waals surface area contributed by atoms with Crippen LogP contribution >= 0.6 is 0 Å². The molecular weight excluding hydrogens is 250 g/mol. The molecule has 1 unspecified atom stereocenters. The van der Waals surface area contributed by atoms with Crippen LogP contribution in [-0.4, -0.2) is 23.2 Å². The fourth-order valence-corrected chi connectivity index (χ4v) is 2.88. The molecule has 0 fully saturated rings. The third-order valence-electron chi connectivity index (χ3n) is 4.41. The van der Waals surface area contributed by atoms with E-state index in [4.69, 9.17) is 5.11 Å². The number of hydrogen-bond acceptors (Lipinski definition) is 2. The summed E-state index contributed by atoms with van der Waals surface area (Å²) >= 11 is 0. The molecule has 110 valence electrons. The highest BCUT2D eigenvalue weighted by Crippen LogP contribution is 2.23. The highest BCUT2D eigenvalue weighted by atomic mass is 16.3. The molecule has 1 aliphatic carbocycles. The van der Waals surface area contributed by atoms with E-state index in [1.165, 1.54) is 24.0 Å². The molecule has 0 spiro atoms. The van der Waals surface area contributed by atoms with Crippen molar-refractivity contribution in [3.05, 3.63) is 34.9 Å². The van der Waals surface area contributed by atoms with Crippen molar-refractivity contribution in [3.8, 4) is 0 Å². The molecule has 0 aliphatic heterocycles. The van der Waals surface area contributed by atoms with Gasteiger partial charge in [-0.15, -0.1) is 0 Å². The highest BCUT2D eigenvalue weighted by molar-refractivity contribution is 5.79. The van der Waals surface area contributed by atoms with Crippen LogP contribution in [0.1, 0.15) is 49.8 Å². The summed E-state index contributed by atoms with van der Waals surface area (Å²) in [7, 11) is 0. The van der Waals surface area contributed by atoms with Crippen LogP contribution in [0, 0.1) is 0 Å². The topological polar surface area (TPSA) is 49.3 Å². The van der Waals surface area contributed by atoms with E-state index in [9.17, 15) is 4.79 Å². The Labute approximate surface area is 121 Å². The van der Waals surface area contributed by atoms with Gasteiger partial charge in [0.05, 0.1) is 6.42 Å². The average Bonchev–Trinajstić information content (AvgIpc) is 2.86. The van der Waals surface area contributed by atoms with Gasteiger partial charge >= 0.3 is 0 Å². The van der Waals surface area contributed by atoms with Crippen molar-refractivity contribution in [1.29, 1.82) is 0 Å². The van der Waals surface area contributed by atoms with Gasteiger partial charge in [0.15, 0.2) is 0 Å². The van der Waals surface area contributed by atoms with Gasteiger partial charge in [0.25, 0.3) is 0 Å². The first-order valence-corrected chi connectivity index (χ1v) is 7.59. The molecule has 3 heteroatoms. The summed E-state index contributed by atoms with van der Waals surface area (Å²) in [4.78, 5) is 12.2. The molecule has 20 heavy (non-hydrogen) atoms. The molecule has 0 saturated carbocycles. The summed E-state index contributed by atoms with van der Waals surface area (Å²) in [5.74, 6) is 0.0424. The molecule has 0 heterocycles. The molecule has 1 amide bonds. The Morgan fingerprint density at radius 1 is 1.35 bits per heavy atom. The second-order valence-electron chi connectivity index (χ2n) is 6.07. The molecule has 1 atom stereocenters. The Bertz CT molecular complexity index is 484. The van der Waals surface area contributed by atoms with Crippen LogP contribution < -0.4 is 5.32 Å². The van der Waals surface area contributed by atoms with Gasteiger partial charge in [0.1, 0.15) is 0 Å². The van der Waals surface area contributed by atoms with Crippen molar-refractivity contribution in [1.82, 2.24) is 5.32 Å². The van der Waals surface area contributed by atoms with Crippen LogP contribution in [0.15, 0.2) is 18.2 Å². The van der Waals surface area contributed by atoms with Crippen molar-refractivity contribution in [2.45, 2.75) is 57.9 Å². The summed E-state index contributed by atoms with van der Waals surface area (Å²) in [6, 6.07) is 6.41. The van der Waals surface area contributed by atoms with Gasteiger partial charge in [-0.3, -0.25) is 4.79 Å². The smallest absolute Gasteiger partial charge is 0.224 e. The standard InChI is InChI=1S/C17H25NO2/c1-3-17(2,9-10-19)18-16(20)12-13-7-8-14-5-4-6-15(14)11-13/h7-8,11,19H,3-6,9-10,12H2,1-2H3,(H,18,20). The summed E-state index contributed by atoms with van der Waals surface area (Å²) in [6.45, 7) is 4.12. The lowest BCUT2D eigenvalue weighted by Gasteiger charge is -2.29. The Morgan fingerprint density at radius 3 is 2.80 bits per heavy atom. The summed E-state index contributed by atoms with van der Waals surface area (Å²) in [5.41, 5.74) is 3.63. The van der Waals surface area contributed by atoms with E-state index >= 15 is 0 Å². The Kier molecular flexibility index (Phi) is 4.81. The van der Waals surface area contributed by atoms with Crippen LogP contribution in [0.4, 0.5) is 0 Å². The maximum absolute atomic E-state index is 12.2. The van der Waals surface area contributed by atoms with Gasteiger partial charge in [-0.25, -0.2) is 0 Å². The van der Waals surface area contributed by atoms with E-state index in [1.807, 2.05) is 13.8 Å². The van der Waals surface area contributed by atoms with Crippen LogP contribution in [0.5, 0.6) is 0 Å². The quantitative estimate of drug-likeness (QED) is 0.837. The van der Waals surface area contributed by atoms with Crippen LogP contribution in [0.2, 0.25) is 0 Å². The Morgan fingerprint density at radius 2 is 2.10 bits per heavy atom. The Balaban J connectivity index is 1.97. The number of nitrogens with one attached hydrogen (secondary N) is 1. The van der Waals surface area contributed by atoms with Gasteiger partial charge in [-0.05, 0) is 55.7 Å². The number of benzene rings is 1. The number of aliphatic hydroxyl groups is 1. The third kappa shape index (κ3) is 3.60. The minimum atomic E-state index is -0.303. The normalized spacial score (nSPS) is 16.6. The molecule has 2 N–H and O–H groups in total. The third-order valence-corrected chi connectivity index (χ3v) is 4.41. The van der Waals surface area contributed by atoms with Gasteiger partial charge < -0.3 is 10.4 Å². The minimum Gasteiger partial charge on any atom is -0.396 e. The van der Waals surface area contributed by atoms with Crippen LogP contribution in [0.3, 0.4) is 0 Å². The number of rotatable bonds is 6. The molecule has 0 saturated heterocycles. The molecule has 1 aromatic rings. The first-order valence-electron chi connectivity index (χ1n) is 7.59. The SMILES string of the molecule is CCC(C)(CCO)NC(=O)Cc1ccc2c(c1)CCC2. The summed E-state index contributed by atoms with van der Waals surface area (Å²) in [6.07, 6.45) is 5.39. The molecule has 0 bridgehead atoms. The maximum Gasteiger partial charge on any atom is 0.224 e. The number of carbonyl (C=O) groups is 1. The molecule has 3 nitrogen and oxygen atoms in total. The van der Waals surface area contributed by atoms with E-state index in [2.05, 4.69) is 23.5 Å². The number of carbonyl (C=O) groups excluding carboxylic acids is 1. The molecule has 1 aliphatic rings. The van der Waals surface area contributed by atoms with E-state index < -0.39 is 0 Å². The number of aryl methyl sites for hydroxylation is 2. The summed E-state index contributed by atoms with van der Waals surface area (Å²) < 4.78 is 0. The fourth-order valence-electron chi connectivity index (χ4n) is 2.88. The Hall–Kier alpha value is -1.35. The van der Waals surface area contributed by atoms with Crippen molar-refractivity contribution in [3.63, 3.8) is 0 Å². The lowest BCUT2D eigenvalue weighted by molar-refractivity contribution is -0.122. The fraction of sp³-hybridized carbons (Fsp3) is 0.588. The van der Waals surface area contributed by atoms with Gasteiger partial charge in [0.2, 0.25) is 5.91 Å². The molecule has 0 aromatic heterocycles. The number of amides is 1. The van der Waals surface area contributed by atoms with E-state index in [0.717, 1.165) is 18.4 Å². The number of aliphatic hydroxyl groups excluding tert-OH is 1. The molecule has 1 aromatic carbocycles. The zero-order valence-corrected chi connectivity index (χ0v) is 12.5. The minimum absolute atomic E-state index is 0.0424. The van der Waals surface area contributed by atoms with E-state index in [0.29, 0.717) is 12.8 Å². The van der Waals surface area contributed by atoms with Crippen molar-refractivity contribution >= 4 is 5.91 Å². The van der Waals surface area contributed by atoms with Crippen LogP contribution in [-0.2, 0) is 24.1 Å². The molecule has 0 radical (unpaired) electrons. The number of fused-ring (bicyclic) bond motifs is 1. The monoisotopic (exact) mass is 275 g/mol. The van der Waals surface area contributed by atoms with Crippen molar-refractivity contribution in [2.24, 2.45) is 0 Å². The van der Waals surface area contributed by atoms with E-state index in [1.54, 1.807) is 0 Å². The van der Waals surface area contributed by atoms with E-state index in [-0.39, 0.29) is 18.1 Å². The number of hydrogen-bond donors (Lipinski definition) is 2. The average molecular weight is 275 g/mol. The lowest BCUT2D eigenvalue weighted by atomic mass is 9.94. The molecule has 2 rings (SSSR count). The van der Waals surface area contributed by atoms with Gasteiger partial charge in [-0.2, -0.15) is 0 Å². The second kappa shape index (κ2) is 6.40. The highest BCUT2D eigenvalue weighted by Gasteiger charge is 2.23. The second-order valence-corrected chi connectivity index (χ2v) is 6.07. The van der Waals surface area contributed by atoms with Crippen molar-refractivity contribution < 1.29 is 9.90 Å². The zero-order chi connectivity index (χ0) is 14.6. The first-order chi connectivity index (χ1) is 9.56. The lowest BCUT2D eigenvalue weighted by Crippen LogP contribution is -2.46. The predicted octanol–water partition coefficient (Wildman–Crippen LogP) is 2.39. The zero-order valence-electron chi connectivity index (χ0n) is 12.5. The first kappa shape index (κ1) is 15.0.